The van der Waals surface area contributed by atoms with Crippen LogP contribution in [0, 0.1) is 10.8 Å². The number of nitrogen functional groups attached to an aromatic ring is 1. The zero-order valence-electron chi connectivity index (χ0n) is 13.7. The molecular weight excluding hydrogens is 338 g/mol. The van der Waals surface area contributed by atoms with E-state index in [-0.39, 0.29) is 6.42 Å². The van der Waals surface area contributed by atoms with Crippen LogP contribution in [0.2, 0.25) is 0 Å². The van der Waals surface area contributed by atoms with Gasteiger partial charge in [-0.2, -0.15) is 0 Å². The van der Waals surface area contributed by atoms with Crippen LogP contribution >= 0.6 is 11.3 Å². The highest BCUT2D eigenvalue weighted by Crippen LogP contribution is 2.30. The molecule has 1 aromatic carbocycles. The summed E-state index contributed by atoms with van der Waals surface area (Å²) in [6.07, 6.45) is 4.63. The third-order valence-electron chi connectivity index (χ3n) is 3.54. The van der Waals surface area contributed by atoms with Crippen molar-refractivity contribution in [2.24, 2.45) is 0 Å². The molecule has 0 aliphatic carbocycles. The number of carboxylic acid groups (broad SMARTS) is 1. The van der Waals surface area contributed by atoms with Gasteiger partial charge in [0.2, 0.25) is 0 Å². The van der Waals surface area contributed by atoms with Gasteiger partial charge in [-0.3, -0.25) is 4.79 Å². The number of allylic oxidation sites excluding steroid dienone is 2. The smallest absolute Gasteiger partial charge is 0.310 e. The lowest BCUT2D eigenvalue weighted by atomic mass is 10.0. The molecule has 0 radical (unpaired) electrons. The monoisotopic (exact) mass is 357 g/mol. The van der Waals surface area contributed by atoms with Crippen molar-refractivity contribution in [2.75, 3.05) is 18.1 Å². The van der Waals surface area contributed by atoms with Crippen LogP contribution in [0.4, 0.5) is 11.5 Å². The predicted molar refractivity (Wildman–Crippen MR) is 102 cm³/mol. The summed E-state index contributed by atoms with van der Waals surface area (Å²) < 4.78 is 0. The third-order valence-corrected chi connectivity index (χ3v) is 4.65. The van der Waals surface area contributed by atoms with Crippen molar-refractivity contribution in [1.29, 1.82) is 10.8 Å². The van der Waals surface area contributed by atoms with E-state index >= 15 is 0 Å². The van der Waals surface area contributed by atoms with Gasteiger partial charge in [0.05, 0.1) is 11.3 Å². The molecule has 2 aromatic rings. The SMILES string of the molecule is CNc1nc(CC(=O)O)sc1/C(C=N)=C/Cc1cccc(N)c1C=N. The Hall–Kier alpha value is -3.00. The maximum atomic E-state index is 10.9. The normalized spacial score (nSPS) is 11.2. The fourth-order valence-electron chi connectivity index (χ4n) is 2.36. The van der Waals surface area contributed by atoms with E-state index in [1.807, 2.05) is 18.2 Å². The van der Waals surface area contributed by atoms with E-state index in [0.717, 1.165) is 5.56 Å². The van der Waals surface area contributed by atoms with E-state index in [2.05, 4.69) is 10.3 Å². The van der Waals surface area contributed by atoms with Gasteiger partial charge in [0.15, 0.2) is 0 Å². The zero-order chi connectivity index (χ0) is 18.4. The standard InChI is InChI=1S/C17H19N5O2S/c1-21-17-16(25-14(22-17)7-15(23)24)11(8-18)6-5-10-3-2-4-13(20)12(10)9-19/h2-4,6,8-9,18-19,21H,5,7,20H2,1H3,(H,23,24)/b11-6+,18-8?,19-9?. The Morgan fingerprint density at radius 2 is 2.20 bits per heavy atom. The number of hydrogen-bond donors (Lipinski definition) is 5. The molecule has 0 bridgehead atoms. The van der Waals surface area contributed by atoms with Crippen LogP contribution in [-0.2, 0) is 17.6 Å². The third kappa shape index (κ3) is 4.30. The molecular formula is C17H19N5O2S. The zero-order valence-corrected chi connectivity index (χ0v) is 14.5. The predicted octanol–water partition coefficient (Wildman–Crippen LogP) is 2.67. The van der Waals surface area contributed by atoms with Crippen LogP contribution in [0.5, 0.6) is 0 Å². The molecule has 1 aromatic heterocycles. The quantitative estimate of drug-likeness (QED) is 0.365. The van der Waals surface area contributed by atoms with Crippen LogP contribution < -0.4 is 11.1 Å². The van der Waals surface area contributed by atoms with E-state index < -0.39 is 5.97 Å². The van der Waals surface area contributed by atoms with Gasteiger partial charge >= 0.3 is 5.97 Å². The van der Waals surface area contributed by atoms with Gasteiger partial charge in [0.25, 0.3) is 0 Å². The van der Waals surface area contributed by atoms with Crippen molar-refractivity contribution in [1.82, 2.24) is 4.98 Å². The van der Waals surface area contributed by atoms with Crippen molar-refractivity contribution < 1.29 is 9.90 Å². The Labute approximate surface area is 149 Å². The maximum absolute atomic E-state index is 10.9. The first-order valence-corrected chi connectivity index (χ1v) is 8.29. The molecule has 1 heterocycles. The minimum absolute atomic E-state index is 0.155. The van der Waals surface area contributed by atoms with Crippen LogP contribution in [0.1, 0.15) is 21.0 Å². The summed E-state index contributed by atoms with van der Waals surface area (Å²) in [6.45, 7) is 0. The molecule has 0 aliphatic rings. The minimum atomic E-state index is -0.946. The van der Waals surface area contributed by atoms with E-state index in [1.54, 1.807) is 13.1 Å². The van der Waals surface area contributed by atoms with Crippen molar-refractivity contribution in [3.63, 3.8) is 0 Å². The molecule has 0 spiro atoms. The van der Waals surface area contributed by atoms with E-state index in [0.29, 0.717) is 38.9 Å². The topological polar surface area (TPSA) is 136 Å². The fourth-order valence-corrected chi connectivity index (χ4v) is 3.43. The summed E-state index contributed by atoms with van der Waals surface area (Å²) in [5, 5.41) is 27.5. The summed E-state index contributed by atoms with van der Waals surface area (Å²) >= 11 is 1.25. The van der Waals surface area contributed by atoms with E-state index in [9.17, 15) is 4.79 Å². The van der Waals surface area contributed by atoms with Crippen molar-refractivity contribution in [3.8, 4) is 0 Å². The number of nitrogens with one attached hydrogen (secondary N) is 3. The minimum Gasteiger partial charge on any atom is -0.481 e. The number of thiazole rings is 1. The Balaban J connectivity index is 2.36. The molecule has 0 amide bonds. The lowest BCUT2D eigenvalue weighted by Crippen LogP contribution is -1.99. The summed E-state index contributed by atoms with van der Waals surface area (Å²) in [7, 11) is 1.70. The summed E-state index contributed by atoms with van der Waals surface area (Å²) in [6, 6.07) is 5.45. The second-order valence-electron chi connectivity index (χ2n) is 5.18. The number of carbonyl (C=O) groups is 1. The van der Waals surface area contributed by atoms with Crippen LogP contribution in [0.3, 0.4) is 0 Å². The van der Waals surface area contributed by atoms with Gasteiger partial charge in [0.1, 0.15) is 10.8 Å². The van der Waals surface area contributed by atoms with Crippen molar-refractivity contribution >= 4 is 46.8 Å². The van der Waals surface area contributed by atoms with E-state index in [1.165, 1.54) is 23.8 Å². The average molecular weight is 357 g/mol. The number of aromatic nitrogens is 1. The van der Waals surface area contributed by atoms with Crippen LogP contribution in [0.25, 0.3) is 5.57 Å². The molecule has 2 rings (SSSR count). The first kappa shape index (κ1) is 18.3. The van der Waals surface area contributed by atoms with Crippen LogP contribution in [-0.4, -0.2) is 35.5 Å². The van der Waals surface area contributed by atoms with Gasteiger partial charge in [-0.15, -0.1) is 11.3 Å². The van der Waals surface area contributed by atoms with Gasteiger partial charge in [-0.1, -0.05) is 18.2 Å². The number of hydrogen-bond acceptors (Lipinski definition) is 7. The molecule has 6 N–H and O–H groups in total. The lowest BCUT2D eigenvalue weighted by Gasteiger charge is -2.07. The highest BCUT2D eigenvalue weighted by atomic mass is 32.1. The molecule has 0 saturated heterocycles. The first-order chi connectivity index (χ1) is 12.0. The molecule has 8 heteroatoms. The Kier molecular flexibility index (Phi) is 6.02. The molecule has 7 nitrogen and oxygen atoms in total. The van der Waals surface area contributed by atoms with E-state index in [4.69, 9.17) is 21.7 Å². The Morgan fingerprint density at radius 1 is 1.44 bits per heavy atom. The number of rotatable bonds is 8. The number of carboxylic acids is 1. The maximum Gasteiger partial charge on any atom is 0.310 e. The lowest BCUT2D eigenvalue weighted by molar-refractivity contribution is -0.136. The second-order valence-corrected chi connectivity index (χ2v) is 6.26. The number of anilines is 2. The Bertz CT molecular complexity index is 842. The number of nitrogens with two attached hydrogens (primary N) is 1. The largest absolute Gasteiger partial charge is 0.481 e. The number of nitrogens with zero attached hydrogens (tertiary/aromatic N) is 1. The summed E-state index contributed by atoms with van der Waals surface area (Å²) in [5.74, 6) is -0.394. The molecule has 0 fully saturated rings. The molecule has 130 valence electrons. The van der Waals surface area contributed by atoms with Gasteiger partial charge in [-0.25, -0.2) is 4.98 Å². The second kappa shape index (κ2) is 8.20. The van der Waals surface area contributed by atoms with Crippen molar-refractivity contribution in [2.45, 2.75) is 12.8 Å². The average Bonchev–Trinajstić information content (AvgIpc) is 2.97. The van der Waals surface area contributed by atoms with Crippen molar-refractivity contribution in [3.05, 3.63) is 45.3 Å². The van der Waals surface area contributed by atoms with Gasteiger partial charge in [-0.05, 0) is 18.1 Å². The fraction of sp³-hybridized carbons (Fsp3) is 0.176. The first-order valence-electron chi connectivity index (χ1n) is 7.48. The molecule has 0 saturated carbocycles. The number of benzene rings is 1. The molecule has 0 aliphatic heterocycles. The van der Waals surface area contributed by atoms with Crippen LogP contribution in [0.15, 0.2) is 24.3 Å². The highest BCUT2D eigenvalue weighted by molar-refractivity contribution is 7.13. The Morgan fingerprint density at radius 3 is 2.80 bits per heavy atom. The summed E-state index contributed by atoms with van der Waals surface area (Å²) in [4.78, 5) is 15.9. The highest BCUT2D eigenvalue weighted by Gasteiger charge is 2.15. The number of aliphatic carboxylic acids is 1. The van der Waals surface area contributed by atoms with Gasteiger partial charge in [0, 0.05) is 36.3 Å². The summed E-state index contributed by atoms with van der Waals surface area (Å²) in [5.41, 5.74) is 8.60. The molecule has 0 atom stereocenters. The van der Waals surface area contributed by atoms with Gasteiger partial charge < -0.3 is 27.0 Å². The molecule has 25 heavy (non-hydrogen) atoms. The molecule has 0 unspecified atom stereocenters.